The van der Waals surface area contributed by atoms with Gasteiger partial charge in [0.1, 0.15) is 11.5 Å². The van der Waals surface area contributed by atoms with Gasteiger partial charge in [0, 0.05) is 17.4 Å². The standard InChI is InChI=1S/C45H55N3O2S/c1-4-7-9-10-11-12-13-14-15-16-29-50-36-25-28-39(40(49)30-36)44-46-43(47-45(48-44)51-31-32(6-3)18-8-5-2)38-27-24-35-22-21-33-19-17-20-34-23-26-37(38)42(35)41(33)34/h17,19-28,30,32,49H,4-16,18,29,31H2,1-3H3. The number of aromatic hydroxyl groups is 1. The number of rotatable bonds is 21. The van der Waals surface area contributed by atoms with Gasteiger partial charge in [0.05, 0.1) is 12.2 Å². The molecular formula is C45H55N3O2S. The SMILES string of the molecule is CCCCCCCCCCCCOc1ccc(-c2nc(SCC(CC)CCCC)nc(-c3ccc4ccc5cccc6ccc3c4c56)n2)c(O)c1. The largest absolute Gasteiger partial charge is 0.507 e. The highest BCUT2D eigenvalue weighted by Crippen LogP contribution is 2.40. The van der Waals surface area contributed by atoms with Crippen LogP contribution in [0.4, 0.5) is 0 Å². The van der Waals surface area contributed by atoms with E-state index in [0.717, 1.165) is 29.5 Å². The number of hydrogen-bond acceptors (Lipinski definition) is 6. The molecule has 1 aromatic heterocycles. The maximum absolute atomic E-state index is 11.3. The predicted molar refractivity (Wildman–Crippen MR) is 217 cm³/mol. The lowest BCUT2D eigenvalue weighted by molar-refractivity contribution is 0.302. The van der Waals surface area contributed by atoms with E-state index in [-0.39, 0.29) is 5.75 Å². The van der Waals surface area contributed by atoms with Crippen LogP contribution in [0.3, 0.4) is 0 Å². The molecule has 1 unspecified atom stereocenters. The van der Waals surface area contributed by atoms with Crippen molar-refractivity contribution in [1.29, 1.82) is 0 Å². The summed E-state index contributed by atoms with van der Waals surface area (Å²) in [5, 5.41) is 19.3. The van der Waals surface area contributed by atoms with Gasteiger partial charge in [-0.05, 0) is 69.3 Å². The minimum Gasteiger partial charge on any atom is -0.507 e. The quantitative estimate of drug-likeness (QED) is 0.0458. The Morgan fingerprint density at radius 3 is 1.92 bits per heavy atom. The molecular weight excluding hydrogens is 647 g/mol. The lowest BCUT2D eigenvalue weighted by Crippen LogP contribution is -2.05. The van der Waals surface area contributed by atoms with E-state index in [1.54, 1.807) is 17.8 Å². The zero-order valence-electron chi connectivity index (χ0n) is 30.9. The zero-order chi connectivity index (χ0) is 35.4. The second kappa shape index (κ2) is 18.5. The molecule has 0 saturated carbocycles. The molecule has 6 rings (SSSR count). The minimum atomic E-state index is 0.119. The Hall–Kier alpha value is -3.90. The molecule has 0 fully saturated rings. The minimum absolute atomic E-state index is 0.119. The van der Waals surface area contributed by atoms with Gasteiger partial charge in [-0.3, -0.25) is 0 Å². The van der Waals surface area contributed by atoms with Crippen LogP contribution in [-0.4, -0.2) is 32.4 Å². The first kappa shape index (κ1) is 36.9. The number of nitrogens with zero attached hydrogens (tertiary/aromatic N) is 3. The van der Waals surface area contributed by atoms with Gasteiger partial charge in [0.15, 0.2) is 16.8 Å². The van der Waals surface area contributed by atoms with Crippen molar-refractivity contribution in [3.05, 3.63) is 72.8 Å². The Labute approximate surface area is 309 Å². The lowest BCUT2D eigenvalue weighted by atomic mass is 9.92. The van der Waals surface area contributed by atoms with Crippen LogP contribution in [0.15, 0.2) is 78.0 Å². The van der Waals surface area contributed by atoms with Crippen LogP contribution in [0, 0.1) is 5.92 Å². The molecule has 268 valence electrons. The van der Waals surface area contributed by atoms with Crippen LogP contribution in [0.2, 0.25) is 0 Å². The summed E-state index contributed by atoms with van der Waals surface area (Å²) in [6, 6.07) is 25.1. The van der Waals surface area contributed by atoms with Gasteiger partial charge in [-0.2, -0.15) is 0 Å². The highest BCUT2D eigenvalue weighted by molar-refractivity contribution is 7.99. The Morgan fingerprint density at radius 2 is 1.24 bits per heavy atom. The van der Waals surface area contributed by atoms with Gasteiger partial charge >= 0.3 is 0 Å². The fourth-order valence-electron chi connectivity index (χ4n) is 7.25. The molecule has 0 saturated heterocycles. The number of phenols is 1. The monoisotopic (exact) mass is 701 g/mol. The molecule has 6 aromatic rings. The van der Waals surface area contributed by atoms with Crippen LogP contribution in [0.5, 0.6) is 11.5 Å². The van der Waals surface area contributed by atoms with E-state index >= 15 is 0 Å². The highest BCUT2D eigenvalue weighted by atomic mass is 32.2. The molecule has 1 N–H and O–H groups in total. The molecule has 5 nitrogen and oxygen atoms in total. The summed E-state index contributed by atoms with van der Waals surface area (Å²) < 4.78 is 6.06. The van der Waals surface area contributed by atoms with Crippen LogP contribution in [0.1, 0.15) is 111 Å². The summed E-state index contributed by atoms with van der Waals surface area (Å²) in [7, 11) is 0. The molecule has 0 spiro atoms. The van der Waals surface area contributed by atoms with E-state index < -0.39 is 0 Å². The molecule has 0 aliphatic rings. The molecule has 0 aliphatic carbocycles. The smallest absolute Gasteiger partial charge is 0.191 e. The van der Waals surface area contributed by atoms with Gasteiger partial charge in [-0.15, -0.1) is 0 Å². The average molecular weight is 702 g/mol. The molecule has 0 aliphatic heterocycles. The lowest BCUT2D eigenvalue weighted by Gasteiger charge is -2.16. The number of hydrogen-bond donors (Lipinski definition) is 1. The number of benzene rings is 5. The van der Waals surface area contributed by atoms with E-state index in [9.17, 15) is 5.11 Å². The van der Waals surface area contributed by atoms with Gasteiger partial charge < -0.3 is 9.84 Å². The molecule has 0 radical (unpaired) electrons. The fourth-order valence-corrected chi connectivity index (χ4v) is 8.34. The van der Waals surface area contributed by atoms with Crippen LogP contribution in [-0.2, 0) is 0 Å². The van der Waals surface area contributed by atoms with E-state index in [4.69, 9.17) is 19.7 Å². The summed E-state index contributed by atoms with van der Waals surface area (Å²) in [4.78, 5) is 15.1. The van der Waals surface area contributed by atoms with Gasteiger partial charge in [-0.25, -0.2) is 15.0 Å². The predicted octanol–water partition coefficient (Wildman–Crippen LogP) is 13.4. The maximum atomic E-state index is 11.3. The molecule has 5 aromatic carbocycles. The molecule has 6 heteroatoms. The van der Waals surface area contributed by atoms with Crippen molar-refractivity contribution >= 4 is 44.1 Å². The van der Waals surface area contributed by atoms with Crippen molar-refractivity contribution in [3.63, 3.8) is 0 Å². The fraction of sp³-hybridized carbons (Fsp3) is 0.444. The van der Waals surface area contributed by atoms with Crippen LogP contribution >= 0.6 is 11.8 Å². The van der Waals surface area contributed by atoms with Crippen molar-refractivity contribution in [2.24, 2.45) is 5.92 Å². The van der Waals surface area contributed by atoms with Crippen LogP contribution < -0.4 is 4.74 Å². The third-order valence-corrected chi connectivity index (χ3v) is 11.4. The van der Waals surface area contributed by atoms with Crippen molar-refractivity contribution in [2.75, 3.05) is 12.4 Å². The number of phenolic OH excluding ortho intramolecular Hbond substituents is 1. The number of aromatic nitrogens is 3. The van der Waals surface area contributed by atoms with Crippen molar-refractivity contribution < 1.29 is 9.84 Å². The van der Waals surface area contributed by atoms with Gasteiger partial charge in [-0.1, -0.05) is 158 Å². The second-order valence-electron chi connectivity index (χ2n) is 14.2. The Morgan fingerprint density at radius 1 is 0.627 bits per heavy atom. The van der Waals surface area contributed by atoms with Crippen LogP contribution in [0.25, 0.3) is 55.1 Å². The average Bonchev–Trinajstić information content (AvgIpc) is 3.16. The van der Waals surface area contributed by atoms with E-state index in [0.29, 0.717) is 40.6 Å². The Kier molecular flexibility index (Phi) is 13.4. The second-order valence-corrected chi connectivity index (χ2v) is 15.2. The van der Waals surface area contributed by atoms with Gasteiger partial charge in [0.2, 0.25) is 0 Å². The first-order chi connectivity index (χ1) is 25.1. The third kappa shape index (κ3) is 9.32. The third-order valence-electron chi connectivity index (χ3n) is 10.4. The van der Waals surface area contributed by atoms with Crippen molar-refractivity contribution in [2.45, 2.75) is 116 Å². The molecule has 51 heavy (non-hydrogen) atoms. The first-order valence-corrected chi connectivity index (χ1v) is 20.6. The van der Waals surface area contributed by atoms with Crippen molar-refractivity contribution in [1.82, 2.24) is 15.0 Å². The maximum Gasteiger partial charge on any atom is 0.191 e. The number of thioether (sulfide) groups is 1. The Bertz CT molecular complexity index is 1980. The Balaban J connectivity index is 1.22. The summed E-state index contributed by atoms with van der Waals surface area (Å²) in [6.45, 7) is 7.44. The van der Waals surface area contributed by atoms with Crippen molar-refractivity contribution in [3.8, 4) is 34.3 Å². The van der Waals surface area contributed by atoms with E-state index in [2.05, 4.69) is 75.4 Å². The molecule has 0 bridgehead atoms. The summed E-state index contributed by atoms with van der Waals surface area (Å²) >= 11 is 1.70. The number of unbranched alkanes of at least 4 members (excludes halogenated alkanes) is 10. The first-order valence-electron chi connectivity index (χ1n) is 19.6. The summed E-state index contributed by atoms with van der Waals surface area (Å²) in [6.07, 6.45) is 17.7. The van der Waals surface area contributed by atoms with E-state index in [1.807, 2.05) is 12.1 Å². The normalized spacial score (nSPS) is 12.4. The molecule has 1 heterocycles. The van der Waals surface area contributed by atoms with Gasteiger partial charge in [0.25, 0.3) is 0 Å². The summed E-state index contributed by atoms with van der Waals surface area (Å²) in [5.41, 5.74) is 1.56. The molecule has 0 amide bonds. The number of ether oxygens (including phenoxy) is 1. The van der Waals surface area contributed by atoms with E-state index in [1.165, 1.54) is 104 Å². The highest BCUT2D eigenvalue weighted by Gasteiger charge is 2.19. The topological polar surface area (TPSA) is 68.1 Å². The zero-order valence-corrected chi connectivity index (χ0v) is 31.7. The molecule has 1 atom stereocenters. The summed E-state index contributed by atoms with van der Waals surface area (Å²) in [5.74, 6) is 3.46.